The molecule has 1 aromatic rings. The summed E-state index contributed by atoms with van der Waals surface area (Å²) in [6, 6.07) is 0. The fraction of sp³-hybridized carbons (Fsp3) is 0.800. The Morgan fingerprint density at radius 2 is 2.13 bits per heavy atom. The maximum absolute atomic E-state index is 5.52. The molecule has 86 valence electrons. The van der Waals surface area contributed by atoms with Crippen molar-refractivity contribution in [1.29, 1.82) is 0 Å². The first kappa shape index (κ1) is 12.5. The van der Waals surface area contributed by atoms with Gasteiger partial charge >= 0.3 is 0 Å². The molecule has 0 radical (unpaired) electrons. The summed E-state index contributed by atoms with van der Waals surface area (Å²) >= 11 is 1.75. The molecule has 0 saturated heterocycles. The van der Waals surface area contributed by atoms with Gasteiger partial charge in [-0.05, 0) is 5.92 Å². The van der Waals surface area contributed by atoms with Crippen molar-refractivity contribution in [2.24, 2.45) is 11.7 Å². The summed E-state index contributed by atoms with van der Waals surface area (Å²) in [6.07, 6.45) is 0.851. The molecule has 0 amide bonds. The molecule has 1 heterocycles. The Bertz CT molecular complexity index is 288. The minimum Gasteiger partial charge on any atom is -0.339 e. The smallest absolute Gasteiger partial charge is 0.226 e. The molecule has 0 fully saturated rings. The third-order valence-electron chi connectivity index (χ3n) is 1.92. The van der Waals surface area contributed by atoms with Crippen molar-refractivity contribution in [3.63, 3.8) is 0 Å². The van der Waals surface area contributed by atoms with Gasteiger partial charge in [0, 0.05) is 18.2 Å². The summed E-state index contributed by atoms with van der Waals surface area (Å²) in [7, 11) is 0. The van der Waals surface area contributed by atoms with Crippen LogP contribution in [0, 0.1) is 5.92 Å². The van der Waals surface area contributed by atoms with Gasteiger partial charge < -0.3 is 10.3 Å². The van der Waals surface area contributed by atoms with Crippen LogP contribution >= 0.6 is 11.8 Å². The van der Waals surface area contributed by atoms with Crippen molar-refractivity contribution in [3.05, 3.63) is 11.7 Å². The number of aromatic nitrogens is 2. The van der Waals surface area contributed by atoms with Crippen LogP contribution < -0.4 is 5.73 Å². The van der Waals surface area contributed by atoms with Gasteiger partial charge in [-0.15, -0.1) is 11.8 Å². The van der Waals surface area contributed by atoms with Crippen LogP contribution in [-0.2, 0) is 12.2 Å². The predicted molar refractivity (Wildman–Crippen MR) is 62.7 cm³/mol. The third-order valence-corrected chi connectivity index (χ3v) is 3.11. The van der Waals surface area contributed by atoms with E-state index >= 15 is 0 Å². The summed E-state index contributed by atoms with van der Waals surface area (Å²) in [4.78, 5) is 4.32. The van der Waals surface area contributed by atoms with E-state index < -0.39 is 0 Å². The number of nitrogens with two attached hydrogens (primary N) is 1. The van der Waals surface area contributed by atoms with Crippen molar-refractivity contribution in [2.45, 2.75) is 38.2 Å². The summed E-state index contributed by atoms with van der Waals surface area (Å²) < 4.78 is 5.14. The topological polar surface area (TPSA) is 64.9 Å². The maximum atomic E-state index is 5.52. The van der Waals surface area contributed by atoms with Crippen LogP contribution in [0.1, 0.15) is 32.5 Å². The van der Waals surface area contributed by atoms with E-state index in [1.807, 2.05) is 0 Å². The van der Waals surface area contributed by atoms with E-state index in [9.17, 15) is 0 Å². The van der Waals surface area contributed by atoms with E-state index in [2.05, 4.69) is 30.9 Å². The first-order chi connectivity index (χ1) is 7.11. The van der Waals surface area contributed by atoms with Gasteiger partial charge in [0.25, 0.3) is 0 Å². The zero-order chi connectivity index (χ0) is 11.3. The molecule has 5 heteroatoms. The number of nitrogens with zero attached hydrogens (tertiary/aromatic N) is 2. The predicted octanol–water partition coefficient (Wildman–Crippen LogP) is 1.85. The molecule has 0 aliphatic carbocycles. The molecular formula is C10H19N3OS. The van der Waals surface area contributed by atoms with Gasteiger partial charge in [0.05, 0.1) is 5.75 Å². The minimum absolute atomic E-state index is 0.442. The van der Waals surface area contributed by atoms with Crippen LogP contribution in [-0.4, -0.2) is 21.9 Å². The van der Waals surface area contributed by atoms with Gasteiger partial charge in [-0.2, -0.15) is 4.98 Å². The van der Waals surface area contributed by atoms with Gasteiger partial charge in [-0.25, -0.2) is 0 Å². The van der Waals surface area contributed by atoms with Crippen LogP contribution in [0.3, 0.4) is 0 Å². The Hall–Kier alpha value is -0.550. The summed E-state index contributed by atoms with van der Waals surface area (Å²) in [6.45, 7) is 7.05. The highest BCUT2D eigenvalue weighted by atomic mass is 32.2. The lowest BCUT2D eigenvalue weighted by atomic mass is 10.1. The second kappa shape index (κ2) is 6.12. The molecule has 1 rings (SSSR count). The molecule has 0 saturated carbocycles. The lowest BCUT2D eigenvalue weighted by Crippen LogP contribution is -2.12. The molecular weight excluding hydrogens is 210 g/mol. The van der Waals surface area contributed by atoms with E-state index in [-0.39, 0.29) is 0 Å². The van der Waals surface area contributed by atoms with Crippen LogP contribution in [0.5, 0.6) is 0 Å². The maximum Gasteiger partial charge on any atom is 0.226 e. The molecule has 0 aliphatic rings. The molecule has 4 nitrogen and oxygen atoms in total. The molecule has 0 spiro atoms. The second-order valence-corrected chi connectivity index (χ2v) is 5.49. The van der Waals surface area contributed by atoms with Crippen LogP contribution in [0.15, 0.2) is 4.52 Å². The SMILES string of the molecule is CC(C)Cc1nc(CSC(C)CN)no1. The van der Waals surface area contributed by atoms with Gasteiger partial charge in [0.1, 0.15) is 0 Å². The van der Waals surface area contributed by atoms with Gasteiger partial charge in [0.15, 0.2) is 5.82 Å². The molecule has 2 N–H and O–H groups in total. The normalized spacial score (nSPS) is 13.4. The zero-order valence-electron chi connectivity index (χ0n) is 9.56. The second-order valence-electron chi connectivity index (χ2n) is 4.06. The summed E-state index contributed by atoms with van der Waals surface area (Å²) in [5.41, 5.74) is 5.52. The lowest BCUT2D eigenvalue weighted by Gasteiger charge is -2.04. The molecule has 15 heavy (non-hydrogen) atoms. The minimum atomic E-state index is 0.442. The van der Waals surface area contributed by atoms with E-state index in [0.29, 0.717) is 17.7 Å². The van der Waals surface area contributed by atoms with Crippen LogP contribution in [0.2, 0.25) is 0 Å². The number of hydrogen-bond acceptors (Lipinski definition) is 5. The van der Waals surface area contributed by atoms with E-state index in [0.717, 1.165) is 23.9 Å². The van der Waals surface area contributed by atoms with Crippen LogP contribution in [0.4, 0.5) is 0 Å². The van der Waals surface area contributed by atoms with Crippen molar-refractivity contribution in [1.82, 2.24) is 10.1 Å². The Labute approximate surface area is 95.0 Å². The van der Waals surface area contributed by atoms with Gasteiger partial charge in [-0.1, -0.05) is 25.9 Å². The number of hydrogen-bond donors (Lipinski definition) is 1. The Morgan fingerprint density at radius 1 is 1.40 bits per heavy atom. The Morgan fingerprint density at radius 3 is 2.73 bits per heavy atom. The molecule has 1 atom stereocenters. The monoisotopic (exact) mass is 229 g/mol. The highest BCUT2D eigenvalue weighted by Gasteiger charge is 2.09. The Balaban J connectivity index is 2.39. The molecule has 1 aromatic heterocycles. The average Bonchev–Trinajstić information content (AvgIpc) is 2.61. The largest absolute Gasteiger partial charge is 0.339 e. The summed E-state index contributed by atoms with van der Waals surface area (Å²) in [5, 5.41) is 4.37. The first-order valence-corrected chi connectivity index (χ1v) is 6.29. The van der Waals surface area contributed by atoms with Gasteiger partial charge in [0.2, 0.25) is 5.89 Å². The van der Waals surface area contributed by atoms with E-state index in [1.54, 1.807) is 11.8 Å². The number of thioether (sulfide) groups is 1. The lowest BCUT2D eigenvalue weighted by molar-refractivity contribution is 0.360. The summed E-state index contributed by atoms with van der Waals surface area (Å²) in [5.74, 6) is 2.84. The third kappa shape index (κ3) is 4.66. The zero-order valence-corrected chi connectivity index (χ0v) is 10.4. The fourth-order valence-electron chi connectivity index (χ4n) is 1.07. The fourth-order valence-corrected chi connectivity index (χ4v) is 1.75. The highest BCUT2D eigenvalue weighted by Crippen LogP contribution is 2.15. The van der Waals surface area contributed by atoms with Crippen molar-refractivity contribution < 1.29 is 4.52 Å². The Kier molecular flexibility index (Phi) is 5.11. The molecule has 1 unspecified atom stereocenters. The van der Waals surface area contributed by atoms with Crippen molar-refractivity contribution in [2.75, 3.05) is 6.54 Å². The van der Waals surface area contributed by atoms with E-state index in [4.69, 9.17) is 10.3 Å². The van der Waals surface area contributed by atoms with Gasteiger partial charge in [-0.3, -0.25) is 0 Å². The first-order valence-electron chi connectivity index (χ1n) is 5.25. The van der Waals surface area contributed by atoms with Crippen molar-refractivity contribution in [3.8, 4) is 0 Å². The molecule has 0 aromatic carbocycles. The quantitative estimate of drug-likeness (QED) is 0.806. The standard InChI is InChI=1S/C10H19N3OS/c1-7(2)4-10-12-9(13-14-10)6-15-8(3)5-11/h7-8H,4-6,11H2,1-3H3. The highest BCUT2D eigenvalue weighted by molar-refractivity contribution is 7.99. The number of rotatable bonds is 6. The molecule has 0 bridgehead atoms. The van der Waals surface area contributed by atoms with E-state index in [1.165, 1.54) is 0 Å². The van der Waals surface area contributed by atoms with Crippen LogP contribution in [0.25, 0.3) is 0 Å². The molecule has 0 aliphatic heterocycles. The van der Waals surface area contributed by atoms with Crippen molar-refractivity contribution >= 4 is 11.8 Å². The average molecular weight is 229 g/mol.